The first-order valence-corrected chi connectivity index (χ1v) is 9.20. The van der Waals surface area contributed by atoms with Crippen LogP contribution >= 0.6 is 0 Å². The lowest BCUT2D eigenvalue weighted by Gasteiger charge is -2.20. The molecule has 0 aliphatic heterocycles. The van der Waals surface area contributed by atoms with Crippen LogP contribution in [0.25, 0.3) is 0 Å². The van der Waals surface area contributed by atoms with Gasteiger partial charge in [0.15, 0.2) is 0 Å². The van der Waals surface area contributed by atoms with E-state index in [9.17, 15) is 4.79 Å². The quantitative estimate of drug-likeness (QED) is 0.729. The monoisotopic (exact) mass is 362 g/mol. The van der Waals surface area contributed by atoms with Gasteiger partial charge in [-0.1, -0.05) is 29.8 Å². The van der Waals surface area contributed by atoms with Crippen molar-refractivity contribution < 1.29 is 4.79 Å². The summed E-state index contributed by atoms with van der Waals surface area (Å²) in [5, 5.41) is 7.62. The van der Waals surface area contributed by atoms with E-state index in [4.69, 9.17) is 0 Å². The number of hydrogen-bond donors (Lipinski definition) is 1. The normalized spacial score (nSPS) is 12.0. The van der Waals surface area contributed by atoms with Crippen LogP contribution in [0.15, 0.2) is 48.8 Å². The van der Waals surface area contributed by atoms with Crippen LogP contribution in [-0.2, 0) is 18.3 Å². The maximum atomic E-state index is 12.7. The summed E-state index contributed by atoms with van der Waals surface area (Å²) in [5.41, 5.74) is 6.55. The predicted molar refractivity (Wildman–Crippen MR) is 106 cm³/mol. The Bertz CT molecular complexity index is 913. The molecule has 1 aromatic carbocycles. The minimum Gasteiger partial charge on any atom is -0.345 e. The average Bonchev–Trinajstić information content (AvgIpc) is 2.91. The number of nitrogens with one attached hydrogen (secondary N) is 1. The molecule has 1 amide bonds. The summed E-state index contributed by atoms with van der Waals surface area (Å²) in [5.74, 6) is 0.0278. The van der Waals surface area contributed by atoms with E-state index in [1.165, 1.54) is 5.56 Å². The van der Waals surface area contributed by atoms with Crippen molar-refractivity contribution >= 4 is 5.91 Å². The van der Waals surface area contributed by atoms with Crippen LogP contribution in [0.2, 0.25) is 0 Å². The van der Waals surface area contributed by atoms with Crippen LogP contribution in [0, 0.1) is 20.8 Å². The van der Waals surface area contributed by atoms with Crippen LogP contribution in [0.3, 0.4) is 0 Å². The number of aryl methyl sites for hydroxylation is 3. The minimum atomic E-state index is -0.183. The number of amides is 1. The summed E-state index contributed by atoms with van der Waals surface area (Å²) in [7, 11) is 1.93. The molecular formula is C22H26N4O. The van der Waals surface area contributed by atoms with E-state index in [1.54, 1.807) is 12.4 Å². The molecule has 1 N–H and O–H groups in total. The molecule has 3 aromatic rings. The largest absolute Gasteiger partial charge is 0.345 e. The first-order valence-electron chi connectivity index (χ1n) is 9.20. The van der Waals surface area contributed by atoms with Gasteiger partial charge in [-0.15, -0.1) is 0 Å². The van der Waals surface area contributed by atoms with Crippen molar-refractivity contribution in [1.29, 1.82) is 0 Å². The van der Waals surface area contributed by atoms with Crippen molar-refractivity contribution in [3.05, 3.63) is 82.4 Å². The minimum absolute atomic E-state index is 0.0278. The number of nitrogens with zero attached hydrogens (tertiary/aromatic N) is 3. The molecule has 0 aliphatic carbocycles. The maximum Gasteiger partial charge on any atom is 0.221 e. The zero-order valence-electron chi connectivity index (χ0n) is 16.4. The Morgan fingerprint density at radius 2 is 1.67 bits per heavy atom. The Morgan fingerprint density at radius 1 is 1.04 bits per heavy atom. The third kappa shape index (κ3) is 4.42. The Kier molecular flexibility index (Phi) is 5.69. The van der Waals surface area contributed by atoms with Gasteiger partial charge in [0.1, 0.15) is 0 Å². The Hall–Kier alpha value is -2.95. The fourth-order valence-corrected chi connectivity index (χ4v) is 3.32. The molecule has 5 nitrogen and oxygen atoms in total. The third-order valence-corrected chi connectivity index (χ3v) is 5.02. The Labute approximate surface area is 160 Å². The van der Waals surface area contributed by atoms with E-state index in [0.29, 0.717) is 12.8 Å². The van der Waals surface area contributed by atoms with Gasteiger partial charge < -0.3 is 5.32 Å². The van der Waals surface area contributed by atoms with Gasteiger partial charge in [-0.25, -0.2) is 0 Å². The van der Waals surface area contributed by atoms with Gasteiger partial charge >= 0.3 is 0 Å². The standard InChI is InChI=1S/C22H26N4O/c1-15-5-7-18(8-6-15)22(19-11-13-23-14-12-19)24-21(27)10-9-20-16(2)25-26(4)17(20)3/h5-8,11-14,22H,9-10H2,1-4H3,(H,24,27)/t22-/m0/s1. The third-order valence-electron chi connectivity index (χ3n) is 5.02. The van der Waals surface area contributed by atoms with E-state index in [1.807, 2.05) is 37.7 Å². The number of hydrogen-bond acceptors (Lipinski definition) is 3. The van der Waals surface area contributed by atoms with Crippen LogP contribution in [0.1, 0.15) is 46.1 Å². The van der Waals surface area contributed by atoms with E-state index < -0.39 is 0 Å². The smallest absolute Gasteiger partial charge is 0.221 e. The van der Waals surface area contributed by atoms with Gasteiger partial charge in [0.2, 0.25) is 5.91 Å². The van der Waals surface area contributed by atoms with Crippen LogP contribution < -0.4 is 5.32 Å². The zero-order chi connectivity index (χ0) is 19.4. The summed E-state index contributed by atoms with van der Waals surface area (Å²) in [6, 6.07) is 12.0. The molecule has 0 fully saturated rings. The van der Waals surface area contributed by atoms with Gasteiger partial charge in [-0.3, -0.25) is 14.5 Å². The zero-order valence-corrected chi connectivity index (χ0v) is 16.4. The van der Waals surface area contributed by atoms with Crippen molar-refractivity contribution in [2.75, 3.05) is 0 Å². The SMILES string of the molecule is Cc1ccc([C@H](NC(=O)CCc2c(C)nn(C)c2C)c2ccncc2)cc1. The summed E-state index contributed by atoms with van der Waals surface area (Å²) in [6.45, 7) is 6.09. The van der Waals surface area contributed by atoms with E-state index in [2.05, 4.69) is 46.6 Å². The topological polar surface area (TPSA) is 59.8 Å². The molecule has 2 heterocycles. The van der Waals surface area contributed by atoms with Crippen molar-refractivity contribution in [1.82, 2.24) is 20.1 Å². The molecule has 0 spiro atoms. The molecule has 27 heavy (non-hydrogen) atoms. The fraction of sp³-hybridized carbons (Fsp3) is 0.318. The predicted octanol–water partition coefficient (Wildman–Crippen LogP) is 3.58. The van der Waals surface area contributed by atoms with Gasteiger partial charge in [-0.2, -0.15) is 5.10 Å². The molecule has 0 aliphatic rings. The van der Waals surface area contributed by atoms with Crippen molar-refractivity contribution in [3.63, 3.8) is 0 Å². The van der Waals surface area contributed by atoms with Gasteiger partial charge in [0.25, 0.3) is 0 Å². The number of rotatable bonds is 6. The van der Waals surface area contributed by atoms with Gasteiger partial charge in [0, 0.05) is 31.6 Å². The lowest BCUT2D eigenvalue weighted by molar-refractivity contribution is -0.121. The van der Waals surface area contributed by atoms with E-state index >= 15 is 0 Å². The van der Waals surface area contributed by atoms with Gasteiger partial charge in [0.05, 0.1) is 11.7 Å². The molecule has 2 aromatic heterocycles. The van der Waals surface area contributed by atoms with Crippen molar-refractivity contribution in [2.45, 2.75) is 39.7 Å². The lowest BCUT2D eigenvalue weighted by Crippen LogP contribution is -2.29. The summed E-state index contributed by atoms with van der Waals surface area (Å²) < 4.78 is 1.87. The highest BCUT2D eigenvalue weighted by Gasteiger charge is 2.18. The lowest BCUT2D eigenvalue weighted by atomic mass is 9.98. The number of pyridine rings is 1. The molecular weight excluding hydrogens is 336 g/mol. The number of carbonyl (C=O) groups excluding carboxylic acids is 1. The second-order valence-corrected chi connectivity index (χ2v) is 6.96. The molecule has 3 rings (SSSR count). The molecule has 0 unspecified atom stereocenters. The average molecular weight is 362 g/mol. The highest BCUT2D eigenvalue weighted by atomic mass is 16.1. The molecule has 0 saturated carbocycles. The van der Waals surface area contributed by atoms with E-state index in [-0.39, 0.29) is 11.9 Å². The first kappa shape index (κ1) is 18.8. The molecule has 0 saturated heterocycles. The summed E-state index contributed by atoms with van der Waals surface area (Å²) >= 11 is 0. The summed E-state index contributed by atoms with van der Waals surface area (Å²) in [4.78, 5) is 16.8. The highest BCUT2D eigenvalue weighted by Crippen LogP contribution is 2.22. The van der Waals surface area contributed by atoms with Gasteiger partial charge in [-0.05, 0) is 56.0 Å². The number of carbonyl (C=O) groups is 1. The number of aromatic nitrogens is 3. The Balaban J connectivity index is 1.75. The fourth-order valence-electron chi connectivity index (χ4n) is 3.32. The molecule has 0 bridgehead atoms. The maximum absolute atomic E-state index is 12.7. The molecule has 140 valence electrons. The van der Waals surface area contributed by atoms with E-state index in [0.717, 1.165) is 28.1 Å². The molecule has 5 heteroatoms. The second-order valence-electron chi connectivity index (χ2n) is 6.96. The second kappa shape index (κ2) is 8.16. The molecule has 0 radical (unpaired) electrons. The number of benzene rings is 1. The van der Waals surface area contributed by atoms with Crippen LogP contribution in [0.5, 0.6) is 0 Å². The van der Waals surface area contributed by atoms with Crippen molar-refractivity contribution in [3.8, 4) is 0 Å². The molecule has 1 atom stereocenters. The summed E-state index contributed by atoms with van der Waals surface area (Å²) in [6.07, 6.45) is 4.63. The van der Waals surface area contributed by atoms with Crippen molar-refractivity contribution in [2.24, 2.45) is 7.05 Å². The highest BCUT2D eigenvalue weighted by molar-refractivity contribution is 5.77. The Morgan fingerprint density at radius 3 is 2.26 bits per heavy atom. The van der Waals surface area contributed by atoms with Crippen LogP contribution in [-0.4, -0.2) is 20.7 Å². The first-order chi connectivity index (χ1) is 13.0. The van der Waals surface area contributed by atoms with Crippen LogP contribution in [0.4, 0.5) is 0 Å².